The zero-order valence-electron chi connectivity index (χ0n) is 7.10. The Balaban J connectivity index is 3.08. The van der Waals surface area contributed by atoms with Crippen LogP contribution in [0.4, 0.5) is 5.69 Å². The summed E-state index contributed by atoms with van der Waals surface area (Å²) in [6.07, 6.45) is 0. The molecule has 2 N–H and O–H groups in total. The summed E-state index contributed by atoms with van der Waals surface area (Å²) in [4.78, 5) is 0. The van der Waals surface area contributed by atoms with Crippen LogP contribution >= 0.6 is 0 Å². The Morgan fingerprint density at radius 2 is 2.23 bits per heavy atom. The van der Waals surface area contributed by atoms with Gasteiger partial charge in [-0.3, -0.25) is 5.21 Å². The molecular weight excluding hydrogens is 174 g/mol. The lowest BCUT2D eigenvalue weighted by molar-refractivity contribution is 0.279. The van der Waals surface area contributed by atoms with Crippen LogP contribution in [0.1, 0.15) is 5.56 Å². The van der Waals surface area contributed by atoms with Gasteiger partial charge in [-0.1, -0.05) is 6.07 Å². The van der Waals surface area contributed by atoms with Gasteiger partial charge in [0.25, 0.3) is 0 Å². The van der Waals surface area contributed by atoms with Crippen molar-refractivity contribution in [2.75, 3.05) is 12.3 Å². The fourth-order valence-corrected chi connectivity index (χ4v) is 0.978. The predicted molar refractivity (Wildman–Crippen MR) is 46.5 cm³/mol. The molecule has 0 heterocycles. The minimum Gasteiger partial charge on any atom is -0.733 e. The molecule has 0 atom stereocenters. The molecule has 13 heavy (non-hydrogen) atoms. The van der Waals surface area contributed by atoms with Crippen molar-refractivity contribution in [3.8, 4) is 5.75 Å². The van der Waals surface area contributed by atoms with Gasteiger partial charge in [0, 0.05) is 0 Å². The lowest BCUT2D eigenvalue weighted by Crippen LogP contribution is -2.08. The molecule has 0 radical (unpaired) electrons. The number of aliphatic hydroxyl groups is 1. The van der Waals surface area contributed by atoms with E-state index in [1.165, 1.54) is 25.3 Å². The van der Waals surface area contributed by atoms with Crippen LogP contribution in [0, 0.1) is 5.21 Å². The first-order valence-corrected chi connectivity index (χ1v) is 3.63. The van der Waals surface area contributed by atoms with Gasteiger partial charge in [0.2, 0.25) is 0 Å². The standard InChI is InChI=1S/C8H10NO4/c1-13-8-4-6(5-10)2-3-7(8)9(11)12/h2-4,10-11H,5H2,1H3/q-1. The Bertz CT molecular complexity index is 287. The molecule has 0 spiro atoms. The van der Waals surface area contributed by atoms with Crippen molar-refractivity contribution in [2.24, 2.45) is 0 Å². The fourth-order valence-electron chi connectivity index (χ4n) is 0.978. The Hall–Kier alpha value is -1.30. The molecule has 1 aromatic rings. The Kier molecular flexibility index (Phi) is 3.07. The normalized spacial score (nSPS) is 9.85. The van der Waals surface area contributed by atoms with Gasteiger partial charge in [-0.2, -0.15) is 0 Å². The summed E-state index contributed by atoms with van der Waals surface area (Å²) >= 11 is 0. The lowest BCUT2D eigenvalue weighted by atomic mass is 10.2. The second kappa shape index (κ2) is 4.08. The molecule has 0 aliphatic carbocycles. The first-order chi connectivity index (χ1) is 6.19. The number of ether oxygens (including phenoxy) is 1. The van der Waals surface area contributed by atoms with E-state index in [2.05, 4.69) is 0 Å². The molecule has 1 rings (SSSR count). The van der Waals surface area contributed by atoms with Gasteiger partial charge in [-0.25, -0.2) is 0 Å². The summed E-state index contributed by atoms with van der Waals surface area (Å²) in [6, 6.07) is 4.38. The summed E-state index contributed by atoms with van der Waals surface area (Å²) in [5, 5.41) is 27.7. The molecule has 0 aliphatic rings. The van der Waals surface area contributed by atoms with Crippen LogP contribution in [0.25, 0.3) is 0 Å². The fraction of sp³-hybridized carbons (Fsp3) is 0.250. The van der Waals surface area contributed by atoms with Crippen LogP contribution in [0.5, 0.6) is 5.75 Å². The van der Waals surface area contributed by atoms with Gasteiger partial charge in [0.05, 0.1) is 19.4 Å². The zero-order valence-corrected chi connectivity index (χ0v) is 7.10. The molecule has 5 nitrogen and oxygen atoms in total. The molecule has 0 aliphatic heterocycles. The van der Waals surface area contributed by atoms with Crippen molar-refractivity contribution >= 4 is 5.69 Å². The third kappa shape index (κ3) is 2.09. The van der Waals surface area contributed by atoms with Crippen molar-refractivity contribution in [2.45, 2.75) is 6.61 Å². The molecular formula is C8H10NO4-. The van der Waals surface area contributed by atoms with E-state index in [4.69, 9.17) is 15.1 Å². The Labute approximate surface area is 75.3 Å². The molecule has 0 saturated heterocycles. The van der Waals surface area contributed by atoms with Crippen LogP contribution in [-0.2, 0) is 6.61 Å². The predicted octanol–water partition coefficient (Wildman–Crippen LogP) is 0.881. The highest BCUT2D eigenvalue weighted by Gasteiger charge is 2.03. The summed E-state index contributed by atoms with van der Waals surface area (Å²) in [5.41, 5.74) is 0.627. The van der Waals surface area contributed by atoms with E-state index in [0.717, 1.165) is 0 Å². The molecule has 1 aromatic carbocycles. The molecule has 0 fully saturated rings. The molecule has 5 heteroatoms. The highest BCUT2D eigenvalue weighted by molar-refractivity contribution is 5.58. The number of methoxy groups -OCH3 is 1. The molecule has 0 unspecified atom stereocenters. The molecule has 72 valence electrons. The monoisotopic (exact) mass is 184 g/mol. The van der Waals surface area contributed by atoms with Gasteiger partial charge in [-0.05, 0) is 17.7 Å². The third-order valence-electron chi connectivity index (χ3n) is 1.63. The number of benzene rings is 1. The van der Waals surface area contributed by atoms with Gasteiger partial charge in [0.1, 0.15) is 5.75 Å². The number of anilines is 1. The summed E-state index contributed by atoms with van der Waals surface area (Å²) in [5.74, 6) is 0.226. The highest BCUT2D eigenvalue weighted by atomic mass is 16.8. The summed E-state index contributed by atoms with van der Waals surface area (Å²) in [6.45, 7) is -0.138. The van der Waals surface area contributed by atoms with Crippen LogP contribution < -0.4 is 9.96 Å². The van der Waals surface area contributed by atoms with Crippen molar-refractivity contribution in [1.29, 1.82) is 0 Å². The second-order valence-corrected chi connectivity index (χ2v) is 2.44. The Morgan fingerprint density at radius 3 is 2.69 bits per heavy atom. The van der Waals surface area contributed by atoms with Crippen molar-refractivity contribution < 1.29 is 15.1 Å². The summed E-state index contributed by atoms with van der Waals surface area (Å²) in [7, 11) is 1.38. The van der Waals surface area contributed by atoms with E-state index in [1.807, 2.05) is 0 Å². The number of hydrogen-bond donors (Lipinski definition) is 2. The van der Waals surface area contributed by atoms with Gasteiger partial charge >= 0.3 is 0 Å². The van der Waals surface area contributed by atoms with Crippen LogP contribution in [-0.4, -0.2) is 17.4 Å². The van der Waals surface area contributed by atoms with E-state index in [0.29, 0.717) is 5.56 Å². The topological polar surface area (TPSA) is 76.0 Å². The first kappa shape index (κ1) is 9.79. The number of hydrogen-bond acceptors (Lipinski definition) is 5. The molecule has 0 bridgehead atoms. The molecule has 0 amide bonds. The van der Waals surface area contributed by atoms with Crippen LogP contribution in [0.3, 0.4) is 0 Å². The average molecular weight is 184 g/mol. The van der Waals surface area contributed by atoms with E-state index < -0.39 is 0 Å². The maximum atomic E-state index is 10.6. The maximum Gasteiger partial charge on any atom is 0.143 e. The quantitative estimate of drug-likeness (QED) is 0.682. The lowest BCUT2D eigenvalue weighted by Gasteiger charge is -2.23. The maximum absolute atomic E-state index is 10.6. The van der Waals surface area contributed by atoms with E-state index >= 15 is 0 Å². The van der Waals surface area contributed by atoms with Crippen LogP contribution in [0.15, 0.2) is 18.2 Å². The van der Waals surface area contributed by atoms with Gasteiger partial charge in [0.15, 0.2) is 0 Å². The van der Waals surface area contributed by atoms with E-state index in [-0.39, 0.29) is 23.3 Å². The first-order valence-electron chi connectivity index (χ1n) is 3.63. The zero-order chi connectivity index (χ0) is 9.84. The molecule has 0 aromatic heterocycles. The average Bonchev–Trinajstić information content (AvgIpc) is 2.16. The van der Waals surface area contributed by atoms with Crippen molar-refractivity contribution in [1.82, 2.24) is 0 Å². The van der Waals surface area contributed by atoms with Gasteiger partial charge in [-0.15, -0.1) is 0 Å². The van der Waals surface area contributed by atoms with Crippen LogP contribution in [0.2, 0.25) is 0 Å². The summed E-state index contributed by atoms with van der Waals surface area (Å²) < 4.78 is 4.84. The number of rotatable bonds is 3. The molecule has 0 saturated carbocycles. The third-order valence-corrected chi connectivity index (χ3v) is 1.63. The number of nitrogens with zero attached hydrogens (tertiary/aromatic N) is 1. The Morgan fingerprint density at radius 1 is 1.54 bits per heavy atom. The van der Waals surface area contributed by atoms with Crippen molar-refractivity contribution in [3.05, 3.63) is 29.0 Å². The van der Waals surface area contributed by atoms with E-state index in [1.54, 1.807) is 0 Å². The minimum atomic E-state index is -0.278. The minimum absolute atomic E-state index is 0.0136. The SMILES string of the molecule is COc1cc(CO)ccc1N([O-])O. The van der Waals surface area contributed by atoms with E-state index in [9.17, 15) is 5.21 Å². The van der Waals surface area contributed by atoms with Crippen molar-refractivity contribution in [3.63, 3.8) is 0 Å². The second-order valence-electron chi connectivity index (χ2n) is 2.44. The highest BCUT2D eigenvalue weighted by Crippen LogP contribution is 2.27. The van der Waals surface area contributed by atoms with Gasteiger partial charge < -0.3 is 20.3 Å². The largest absolute Gasteiger partial charge is 0.733 e. The smallest absolute Gasteiger partial charge is 0.143 e. The number of aliphatic hydroxyl groups excluding tert-OH is 1.